The number of nitrogens with one attached hydrogen (secondary N) is 2. The molecular formula is C18H20N2O3S. The van der Waals surface area contributed by atoms with Gasteiger partial charge in [-0.2, -0.15) is 0 Å². The Morgan fingerprint density at radius 3 is 2.33 bits per heavy atom. The number of methoxy groups -OCH3 is 1. The molecule has 0 aliphatic carbocycles. The number of thiocarbonyl (C=S) groups is 1. The molecule has 0 spiro atoms. The second-order valence-corrected chi connectivity index (χ2v) is 5.68. The van der Waals surface area contributed by atoms with Crippen molar-refractivity contribution in [2.24, 2.45) is 0 Å². The van der Waals surface area contributed by atoms with Crippen molar-refractivity contribution < 1.29 is 14.3 Å². The molecule has 0 unspecified atom stereocenters. The number of carbonyl (C=O) groups is 1. The van der Waals surface area contributed by atoms with Gasteiger partial charge < -0.3 is 14.8 Å². The minimum absolute atomic E-state index is 0.0321. The second-order valence-electron chi connectivity index (χ2n) is 5.27. The van der Waals surface area contributed by atoms with Gasteiger partial charge in [-0.05, 0) is 50.3 Å². The van der Waals surface area contributed by atoms with Gasteiger partial charge in [0.15, 0.2) is 5.11 Å². The average Bonchev–Trinajstić information content (AvgIpc) is 2.56. The molecule has 2 N–H and O–H groups in total. The molecule has 0 saturated heterocycles. The Labute approximate surface area is 147 Å². The predicted octanol–water partition coefficient (Wildman–Crippen LogP) is 3.61. The Hall–Kier alpha value is -2.60. The van der Waals surface area contributed by atoms with Crippen LogP contribution in [0.25, 0.3) is 0 Å². The van der Waals surface area contributed by atoms with Gasteiger partial charge in [0, 0.05) is 0 Å². The topological polar surface area (TPSA) is 59.6 Å². The lowest BCUT2D eigenvalue weighted by molar-refractivity contribution is 0.0974. The first-order chi connectivity index (χ1) is 11.5. The lowest BCUT2D eigenvalue weighted by atomic mass is 10.2. The van der Waals surface area contributed by atoms with Gasteiger partial charge in [0.1, 0.15) is 11.5 Å². The number of para-hydroxylation sites is 3. The Kier molecular flexibility index (Phi) is 6.14. The molecule has 126 valence electrons. The van der Waals surface area contributed by atoms with Gasteiger partial charge >= 0.3 is 0 Å². The Morgan fingerprint density at radius 2 is 1.67 bits per heavy atom. The van der Waals surface area contributed by atoms with Crippen molar-refractivity contribution >= 4 is 28.9 Å². The van der Waals surface area contributed by atoms with Crippen LogP contribution < -0.4 is 20.1 Å². The van der Waals surface area contributed by atoms with Crippen LogP contribution in [0.15, 0.2) is 48.5 Å². The molecule has 0 bridgehead atoms. The Bertz CT molecular complexity index is 732. The molecule has 5 nitrogen and oxygen atoms in total. The zero-order chi connectivity index (χ0) is 17.5. The molecule has 0 radical (unpaired) electrons. The summed E-state index contributed by atoms with van der Waals surface area (Å²) in [7, 11) is 1.52. The molecule has 0 aliphatic heterocycles. The molecular weight excluding hydrogens is 324 g/mol. The normalized spacial score (nSPS) is 10.2. The molecule has 0 aliphatic rings. The van der Waals surface area contributed by atoms with E-state index in [1.807, 2.05) is 38.1 Å². The van der Waals surface area contributed by atoms with E-state index in [4.69, 9.17) is 21.7 Å². The molecule has 2 aromatic carbocycles. The summed E-state index contributed by atoms with van der Waals surface area (Å²) >= 11 is 5.23. The van der Waals surface area contributed by atoms with Gasteiger partial charge in [0.25, 0.3) is 5.91 Å². The van der Waals surface area contributed by atoms with E-state index in [0.29, 0.717) is 22.7 Å². The van der Waals surface area contributed by atoms with Crippen LogP contribution in [0.2, 0.25) is 0 Å². The molecule has 0 saturated carbocycles. The highest BCUT2D eigenvalue weighted by atomic mass is 32.1. The predicted molar refractivity (Wildman–Crippen MR) is 98.9 cm³/mol. The van der Waals surface area contributed by atoms with Gasteiger partial charge in [-0.25, -0.2) is 0 Å². The van der Waals surface area contributed by atoms with Crippen LogP contribution in [0.3, 0.4) is 0 Å². The second kappa shape index (κ2) is 8.31. The van der Waals surface area contributed by atoms with Crippen LogP contribution in [-0.2, 0) is 0 Å². The summed E-state index contributed by atoms with van der Waals surface area (Å²) in [5, 5.41) is 5.82. The van der Waals surface area contributed by atoms with E-state index in [1.165, 1.54) is 7.11 Å². The largest absolute Gasteiger partial charge is 0.496 e. The number of hydrogen-bond acceptors (Lipinski definition) is 4. The Balaban J connectivity index is 2.07. The number of hydrogen-bond donors (Lipinski definition) is 2. The Morgan fingerprint density at radius 1 is 1.04 bits per heavy atom. The van der Waals surface area contributed by atoms with Crippen molar-refractivity contribution in [3.63, 3.8) is 0 Å². The van der Waals surface area contributed by atoms with Crippen LogP contribution in [-0.4, -0.2) is 24.2 Å². The van der Waals surface area contributed by atoms with Gasteiger partial charge in [0.2, 0.25) is 0 Å². The lowest BCUT2D eigenvalue weighted by Gasteiger charge is -2.16. The zero-order valence-corrected chi connectivity index (χ0v) is 14.6. The first-order valence-corrected chi connectivity index (χ1v) is 7.93. The maximum absolute atomic E-state index is 12.3. The van der Waals surface area contributed by atoms with Crippen LogP contribution in [0.4, 0.5) is 5.69 Å². The van der Waals surface area contributed by atoms with Crippen molar-refractivity contribution in [1.82, 2.24) is 5.32 Å². The number of ether oxygens (including phenoxy) is 2. The van der Waals surface area contributed by atoms with Crippen molar-refractivity contribution in [3.05, 3.63) is 54.1 Å². The molecule has 0 heterocycles. The first kappa shape index (κ1) is 17.7. The van der Waals surface area contributed by atoms with E-state index in [9.17, 15) is 4.79 Å². The maximum Gasteiger partial charge on any atom is 0.261 e. The number of benzene rings is 2. The van der Waals surface area contributed by atoms with Crippen LogP contribution in [0, 0.1) is 0 Å². The van der Waals surface area contributed by atoms with Crippen molar-refractivity contribution in [2.45, 2.75) is 20.0 Å². The summed E-state index contributed by atoms with van der Waals surface area (Å²) in [6, 6.07) is 14.4. The molecule has 0 atom stereocenters. The highest BCUT2D eigenvalue weighted by molar-refractivity contribution is 7.80. The van der Waals surface area contributed by atoms with Gasteiger partial charge in [0.05, 0.1) is 24.5 Å². The fourth-order valence-corrected chi connectivity index (χ4v) is 2.29. The summed E-state index contributed by atoms with van der Waals surface area (Å²) < 4.78 is 10.9. The van der Waals surface area contributed by atoms with Gasteiger partial charge in [-0.1, -0.05) is 24.3 Å². The number of amides is 1. The average molecular weight is 344 g/mol. The summed E-state index contributed by atoms with van der Waals surface area (Å²) in [4.78, 5) is 12.3. The molecule has 0 aromatic heterocycles. The summed E-state index contributed by atoms with van der Waals surface area (Å²) in [5.74, 6) is 0.815. The van der Waals surface area contributed by atoms with E-state index < -0.39 is 0 Å². The molecule has 2 aromatic rings. The molecule has 1 amide bonds. The highest BCUT2D eigenvalue weighted by Crippen LogP contribution is 2.25. The van der Waals surface area contributed by atoms with Gasteiger partial charge in [-0.15, -0.1) is 0 Å². The number of anilines is 1. The third-order valence-corrected chi connectivity index (χ3v) is 3.28. The smallest absolute Gasteiger partial charge is 0.261 e. The SMILES string of the molecule is COc1ccccc1C(=O)NC(=S)Nc1ccccc1OC(C)C. The summed E-state index contributed by atoms with van der Waals surface area (Å²) in [6.45, 7) is 3.89. The fourth-order valence-electron chi connectivity index (χ4n) is 2.08. The minimum Gasteiger partial charge on any atom is -0.496 e. The van der Waals surface area contributed by atoms with Crippen LogP contribution in [0.5, 0.6) is 11.5 Å². The zero-order valence-electron chi connectivity index (χ0n) is 13.8. The maximum atomic E-state index is 12.3. The van der Waals surface area contributed by atoms with Crippen LogP contribution in [0.1, 0.15) is 24.2 Å². The van der Waals surface area contributed by atoms with Crippen LogP contribution >= 0.6 is 12.2 Å². The molecule has 2 rings (SSSR count). The van der Waals surface area contributed by atoms with E-state index in [0.717, 1.165) is 0 Å². The minimum atomic E-state index is -0.341. The van der Waals surface area contributed by atoms with Crippen molar-refractivity contribution in [1.29, 1.82) is 0 Å². The van der Waals surface area contributed by atoms with E-state index in [-0.39, 0.29) is 17.1 Å². The monoisotopic (exact) mass is 344 g/mol. The van der Waals surface area contributed by atoms with Crippen molar-refractivity contribution in [3.8, 4) is 11.5 Å². The highest BCUT2D eigenvalue weighted by Gasteiger charge is 2.14. The van der Waals surface area contributed by atoms with Gasteiger partial charge in [-0.3, -0.25) is 10.1 Å². The van der Waals surface area contributed by atoms with E-state index in [1.54, 1.807) is 24.3 Å². The van der Waals surface area contributed by atoms with E-state index in [2.05, 4.69) is 10.6 Å². The van der Waals surface area contributed by atoms with Crippen molar-refractivity contribution in [2.75, 3.05) is 12.4 Å². The standard InChI is InChI=1S/C18H20N2O3S/c1-12(2)23-16-11-7-5-9-14(16)19-18(24)20-17(21)13-8-4-6-10-15(13)22-3/h4-12H,1-3H3,(H2,19,20,21,24). The fraction of sp³-hybridized carbons (Fsp3) is 0.222. The van der Waals surface area contributed by atoms with E-state index >= 15 is 0 Å². The quantitative estimate of drug-likeness (QED) is 0.812. The summed E-state index contributed by atoms with van der Waals surface area (Å²) in [6.07, 6.45) is 0.0321. The molecule has 6 heteroatoms. The lowest BCUT2D eigenvalue weighted by Crippen LogP contribution is -2.34. The third-order valence-electron chi connectivity index (χ3n) is 3.08. The third kappa shape index (κ3) is 4.70. The molecule has 24 heavy (non-hydrogen) atoms. The number of rotatable bonds is 5. The number of carbonyl (C=O) groups excluding carboxylic acids is 1. The molecule has 0 fully saturated rings. The first-order valence-electron chi connectivity index (χ1n) is 7.52. The summed E-state index contributed by atoms with van der Waals surface area (Å²) in [5.41, 5.74) is 1.10.